The average molecular weight is 282 g/mol. The van der Waals surface area contributed by atoms with E-state index in [-0.39, 0.29) is 5.92 Å². The highest BCUT2D eigenvalue weighted by molar-refractivity contribution is 7.92. The van der Waals surface area contributed by atoms with Crippen LogP contribution >= 0.6 is 0 Å². The van der Waals surface area contributed by atoms with Crippen LogP contribution in [-0.4, -0.2) is 25.1 Å². The summed E-state index contributed by atoms with van der Waals surface area (Å²) in [6.45, 7) is 3.24. The Bertz CT molecular complexity index is 503. The fourth-order valence-electron chi connectivity index (χ4n) is 1.36. The van der Waals surface area contributed by atoms with Crippen molar-refractivity contribution in [2.24, 2.45) is 0 Å². The van der Waals surface area contributed by atoms with Gasteiger partial charge in [-0.05, 0) is 24.6 Å². The second kappa shape index (κ2) is 4.89. The van der Waals surface area contributed by atoms with Crippen molar-refractivity contribution in [3.8, 4) is 0 Å². The standard InChI is InChI=1S/C11H13F3O3S/c1-7(8(2)15)9-3-5-10(6-4-9)18(16,17)11(12,13)14/h3-8,15H,1-2H3. The lowest BCUT2D eigenvalue weighted by atomic mass is 9.97. The highest BCUT2D eigenvalue weighted by atomic mass is 32.2. The van der Waals surface area contributed by atoms with E-state index >= 15 is 0 Å². The Labute approximate surface area is 103 Å². The van der Waals surface area contributed by atoms with Crippen molar-refractivity contribution in [3.63, 3.8) is 0 Å². The lowest BCUT2D eigenvalue weighted by molar-refractivity contribution is -0.0436. The van der Waals surface area contributed by atoms with Crippen molar-refractivity contribution < 1.29 is 26.7 Å². The first-order valence-corrected chi connectivity index (χ1v) is 6.65. The van der Waals surface area contributed by atoms with Gasteiger partial charge in [-0.3, -0.25) is 0 Å². The van der Waals surface area contributed by atoms with Crippen molar-refractivity contribution in [1.82, 2.24) is 0 Å². The summed E-state index contributed by atoms with van der Waals surface area (Å²) in [6.07, 6.45) is -0.671. The molecule has 3 nitrogen and oxygen atoms in total. The summed E-state index contributed by atoms with van der Waals surface area (Å²) >= 11 is 0. The van der Waals surface area contributed by atoms with E-state index in [1.165, 1.54) is 12.1 Å². The van der Waals surface area contributed by atoms with Gasteiger partial charge >= 0.3 is 5.51 Å². The van der Waals surface area contributed by atoms with E-state index in [0.29, 0.717) is 5.56 Å². The molecule has 0 spiro atoms. The fourth-order valence-corrected chi connectivity index (χ4v) is 2.12. The molecule has 0 fully saturated rings. The highest BCUT2D eigenvalue weighted by Crippen LogP contribution is 2.31. The molecular weight excluding hydrogens is 269 g/mol. The molecule has 7 heteroatoms. The number of rotatable bonds is 3. The van der Waals surface area contributed by atoms with Gasteiger partial charge in [-0.15, -0.1) is 0 Å². The molecule has 2 unspecified atom stereocenters. The summed E-state index contributed by atoms with van der Waals surface area (Å²) in [5.74, 6) is -0.285. The van der Waals surface area contributed by atoms with Crippen LogP contribution in [0.2, 0.25) is 0 Å². The first-order chi connectivity index (χ1) is 8.07. The lowest BCUT2D eigenvalue weighted by Gasteiger charge is -2.15. The first kappa shape index (κ1) is 15.0. The van der Waals surface area contributed by atoms with E-state index in [4.69, 9.17) is 0 Å². The van der Waals surface area contributed by atoms with Crippen LogP contribution in [0.4, 0.5) is 13.2 Å². The summed E-state index contributed by atoms with van der Waals surface area (Å²) in [6, 6.07) is 4.35. The van der Waals surface area contributed by atoms with Gasteiger partial charge in [0.15, 0.2) is 0 Å². The van der Waals surface area contributed by atoms with Crippen LogP contribution in [0.3, 0.4) is 0 Å². The molecule has 2 atom stereocenters. The largest absolute Gasteiger partial charge is 0.501 e. The minimum atomic E-state index is -5.30. The molecule has 0 saturated carbocycles. The molecule has 0 aliphatic carbocycles. The Morgan fingerprint density at radius 3 is 1.89 bits per heavy atom. The van der Waals surface area contributed by atoms with Crippen molar-refractivity contribution in [1.29, 1.82) is 0 Å². The number of sulfone groups is 1. The molecule has 1 rings (SSSR count). The molecule has 0 aromatic heterocycles. The topological polar surface area (TPSA) is 54.4 Å². The summed E-state index contributed by atoms with van der Waals surface area (Å²) in [5, 5.41) is 9.33. The van der Waals surface area contributed by atoms with Gasteiger partial charge in [0.05, 0.1) is 11.0 Å². The number of halogens is 3. The summed E-state index contributed by atoms with van der Waals surface area (Å²) in [5.41, 5.74) is -4.73. The molecule has 0 radical (unpaired) electrons. The number of aliphatic hydroxyl groups excluding tert-OH is 1. The fraction of sp³-hybridized carbons (Fsp3) is 0.455. The van der Waals surface area contributed by atoms with E-state index < -0.39 is 26.3 Å². The molecule has 18 heavy (non-hydrogen) atoms. The van der Waals surface area contributed by atoms with Gasteiger partial charge in [-0.1, -0.05) is 19.1 Å². The van der Waals surface area contributed by atoms with Crippen LogP contribution in [0.5, 0.6) is 0 Å². The van der Waals surface area contributed by atoms with Crippen molar-refractivity contribution in [3.05, 3.63) is 29.8 Å². The molecule has 0 bridgehead atoms. The van der Waals surface area contributed by atoms with Gasteiger partial charge < -0.3 is 5.11 Å². The Morgan fingerprint density at radius 2 is 1.56 bits per heavy atom. The van der Waals surface area contributed by atoms with Gasteiger partial charge in [-0.2, -0.15) is 13.2 Å². The highest BCUT2D eigenvalue weighted by Gasteiger charge is 2.46. The maximum atomic E-state index is 12.3. The predicted octanol–water partition coefficient (Wildman–Crippen LogP) is 2.46. The minimum absolute atomic E-state index is 0.285. The lowest BCUT2D eigenvalue weighted by Crippen LogP contribution is -2.23. The maximum Gasteiger partial charge on any atom is 0.501 e. The zero-order valence-corrected chi connectivity index (χ0v) is 10.6. The summed E-state index contributed by atoms with van der Waals surface area (Å²) in [7, 11) is -5.30. The monoisotopic (exact) mass is 282 g/mol. The number of alkyl halides is 3. The number of hydrogen-bond donors (Lipinski definition) is 1. The van der Waals surface area contributed by atoms with Crippen LogP contribution in [0.25, 0.3) is 0 Å². The van der Waals surface area contributed by atoms with E-state index in [1.807, 2.05) is 0 Å². The van der Waals surface area contributed by atoms with E-state index in [9.17, 15) is 26.7 Å². The van der Waals surface area contributed by atoms with Gasteiger partial charge in [0, 0.05) is 5.92 Å². The molecule has 1 N–H and O–H groups in total. The third-order valence-electron chi connectivity index (χ3n) is 2.74. The zero-order chi connectivity index (χ0) is 14.1. The maximum absolute atomic E-state index is 12.3. The quantitative estimate of drug-likeness (QED) is 0.926. The SMILES string of the molecule is CC(O)C(C)c1ccc(S(=O)(=O)C(F)(F)F)cc1. The molecule has 0 saturated heterocycles. The normalized spacial score (nSPS) is 16.3. The van der Waals surface area contributed by atoms with Crippen LogP contribution in [0.15, 0.2) is 29.2 Å². The van der Waals surface area contributed by atoms with E-state index in [1.54, 1.807) is 13.8 Å². The van der Waals surface area contributed by atoms with Crippen molar-refractivity contribution >= 4 is 9.84 Å². The first-order valence-electron chi connectivity index (χ1n) is 5.16. The molecule has 0 heterocycles. The van der Waals surface area contributed by atoms with Crippen molar-refractivity contribution in [2.45, 2.75) is 36.3 Å². The zero-order valence-electron chi connectivity index (χ0n) is 9.77. The smallest absolute Gasteiger partial charge is 0.393 e. The van der Waals surface area contributed by atoms with E-state index in [2.05, 4.69) is 0 Å². The van der Waals surface area contributed by atoms with Crippen LogP contribution in [-0.2, 0) is 9.84 Å². The molecule has 0 aliphatic heterocycles. The van der Waals surface area contributed by atoms with Gasteiger partial charge in [-0.25, -0.2) is 8.42 Å². The molecule has 102 valence electrons. The molecule has 0 amide bonds. The molecular formula is C11H13F3O3S. The van der Waals surface area contributed by atoms with Gasteiger partial charge in [0.2, 0.25) is 0 Å². The molecule has 1 aromatic carbocycles. The Kier molecular flexibility index (Phi) is 4.07. The number of hydrogen-bond acceptors (Lipinski definition) is 3. The summed E-state index contributed by atoms with van der Waals surface area (Å²) < 4.78 is 59.0. The third-order valence-corrected chi connectivity index (χ3v) is 4.25. The van der Waals surface area contributed by atoms with Crippen LogP contribution in [0, 0.1) is 0 Å². The van der Waals surface area contributed by atoms with Crippen LogP contribution in [0.1, 0.15) is 25.3 Å². The van der Waals surface area contributed by atoms with Crippen molar-refractivity contribution in [2.75, 3.05) is 0 Å². The second-order valence-electron chi connectivity index (χ2n) is 4.05. The summed E-state index contributed by atoms with van der Waals surface area (Å²) in [4.78, 5) is -0.795. The Balaban J connectivity index is 3.12. The third kappa shape index (κ3) is 2.84. The number of benzene rings is 1. The second-order valence-corrected chi connectivity index (χ2v) is 5.99. The van der Waals surface area contributed by atoms with Gasteiger partial charge in [0.25, 0.3) is 9.84 Å². The molecule has 0 aliphatic rings. The number of aliphatic hydroxyl groups is 1. The van der Waals surface area contributed by atoms with E-state index in [0.717, 1.165) is 12.1 Å². The Hall–Kier alpha value is -1.08. The predicted molar refractivity (Wildman–Crippen MR) is 59.8 cm³/mol. The minimum Gasteiger partial charge on any atom is -0.393 e. The Morgan fingerprint density at radius 1 is 1.11 bits per heavy atom. The van der Waals surface area contributed by atoms with Gasteiger partial charge in [0.1, 0.15) is 0 Å². The average Bonchev–Trinajstić information content (AvgIpc) is 2.26. The van der Waals surface area contributed by atoms with Crippen LogP contribution < -0.4 is 0 Å². The molecule has 1 aromatic rings.